The number of aromatic nitrogens is 2. The molecule has 524 valence electrons. The van der Waals surface area contributed by atoms with E-state index < -0.39 is 0 Å². The van der Waals surface area contributed by atoms with Gasteiger partial charge in [-0.15, -0.1) is 0 Å². The van der Waals surface area contributed by atoms with Crippen LogP contribution in [0, 0.1) is 0 Å². The van der Waals surface area contributed by atoms with E-state index in [1.54, 1.807) is 0 Å². The highest BCUT2D eigenvalue weighted by atomic mass is 16.3. The van der Waals surface area contributed by atoms with E-state index in [9.17, 15) is 0 Å². The molecule has 6 heterocycles. The van der Waals surface area contributed by atoms with Crippen LogP contribution in [0.3, 0.4) is 0 Å². The Labute approximate surface area is 650 Å². The van der Waals surface area contributed by atoms with Crippen LogP contribution in [0.25, 0.3) is 166 Å². The molecule has 17 aromatic carbocycles. The van der Waals surface area contributed by atoms with E-state index >= 15 is 0 Å². The van der Waals surface area contributed by atoms with Gasteiger partial charge in [0.2, 0.25) is 0 Å². The van der Waals surface area contributed by atoms with Gasteiger partial charge in [-0.25, -0.2) is 0 Å². The van der Waals surface area contributed by atoms with E-state index in [1.807, 2.05) is 0 Å². The lowest BCUT2D eigenvalue weighted by atomic mass is 9.33. The van der Waals surface area contributed by atoms with Gasteiger partial charge in [-0.1, -0.05) is 300 Å². The van der Waals surface area contributed by atoms with Crippen molar-refractivity contribution in [2.45, 2.75) is 26.2 Å². The highest BCUT2D eigenvalue weighted by Crippen LogP contribution is 2.56. The van der Waals surface area contributed by atoms with Crippen LogP contribution in [0.15, 0.2) is 381 Å². The van der Waals surface area contributed by atoms with Crippen LogP contribution in [0.1, 0.15) is 26.3 Å². The minimum atomic E-state index is -0.365. The summed E-state index contributed by atoms with van der Waals surface area (Å²) in [5, 5.41) is 7.02. The first-order chi connectivity index (χ1) is 55.2. The van der Waals surface area contributed by atoms with Gasteiger partial charge in [-0.05, 0) is 191 Å². The first kappa shape index (κ1) is 63.9. The molecule has 3 aliphatic heterocycles. The number of rotatable bonds is 6. The van der Waals surface area contributed by atoms with Crippen LogP contribution in [0.5, 0.6) is 0 Å². The van der Waals surface area contributed by atoms with Crippen molar-refractivity contribution in [2.75, 3.05) is 9.80 Å². The number of furan rings is 1. The highest BCUT2D eigenvalue weighted by Gasteiger charge is 2.46. The zero-order valence-corrected chi connectivity index (χ0v) is 62.1. The molecule has 0 unspecified atom stereocenters. The summed E-state index contributed by atoms with van der Waals surface area (Å²) < 4.78 is 11.8. The summed E-state index contributed by atoms with van der Waals surface area (Å²) in [6.45, 7) is 6.90. The second kappa shape index (κ2) is 24.7. The molecule has 0 radical (unpaired) electrons. The molecule has 0 fully saturated rings. The number of nitrogens with zero attached hydrogens (tertiary/aromatic N) is 4. The molecular formula is C106H71BN4O. The van der Waals surface area contributed by atoms with Crippen LogP contribution in [-0.2, 0) is 5.41 Å². The van der Waals surface area contributed by atoms with E-state index in [-0.39, 0.29) is 12.1 Å². The summed E-state index contributed by atoms with van der Waals surface area (Å²) in [4.78, 5) is 5.43. The number of anilines is 6. The SMILES string of the molecule is CC(C)(C)c1cc2c3c(c1)N1c4cc(-n5c6ccccc6c6c(-c7ccccc7)cccc65)ccc4B3c3ccc(-n4c5ccccc5c5c(-c6ccccc6)cccc54)cc3N2c2c(-c3ccccc3)cccc2-c2cccc(c2)-c2ccc3oc4ccc(cc4c3c2)-c2cccc(c2)-c2cccc(-c3ccccc3)c21. The lowest BCUT2D eigenvalue weighted by molar-refractivity contribution is 0.590. The van der Waals surface area contributed by atoms with Crippen molar-refractivity contribution in [3.05, 3.63) is 382 Å². The van der Waals surface area contributed by atoms with E-state index in [0.717, 1.165) is 156 Å². The molecule has 3 aromatic heterocycles. The first-order valence-electron chi connectivity index (χ1n) is 39.0. The Morgan fingerprint density at radius 1 is 0.250 bits per heavy atom. The zero-order chi connectivity index (χ0) is 74.0. The lowest BCUT2D eigenvalue weighted by Gasteiger charge is -2.46. The van der Waals surface area contributed by atoms with Crippen LogP contribution in [0.2, 0.25) is 0 Å². The van der Waals surface area contributed by atoms with Crippen LogP contribution >= 0.6 is 0 Å². The van der Waals surface area contributed by atoms with Crippen molar-refractivity contribution >= 4 is 123 Å². The molecule has 23 rings (SSSR count). The predicted octanol–water partition coefficient (Wildman–Crippen LogP) is 26.8. The molecule has 0 saturated carbocycles. The number of hydrogen-bond donors (Lipinski definition) is 0. The quantitative estimate of drug-likeness (QED) is 0.155. The summed E-state index contributed by atoms with van der Waals surface area (Å²) in [6, 6.07) is 142. The van der Waals surface area contributed by atoms with Gasteiger partial charge < -0.3 is 23.4 Å². The fraction of sp³-hybridized carbons (Fsp3) is 0.0377. The van der Waals surface area contributed by atoms with Crippen LogP contribution in [-0.4, -0.2) is 15.8 Å². The van der Waals surface area contributed by atoms with Gasteiger partial charge in [0.1, 0.15) is 11.2 Å². The summed E-state index contributed by atoms with van der Waals surface area (Å²) in [6.07, 6.45) is 0. The molecule has 0 atom stereocenters. The minimum absolute atomic E-state index is 0.282. The first-order valence-corrected chi connectivity index (χ1v) is 39.0. The van der Waals surface area contributed by atoms with E-state index in [0.29, 0.717) is 0 Å². The lowest BCUT2D eigenvalue weighted by Crippen LogP contribution is -2.61. The van der Waals surface area contributed by atoms with Crippen molar-refractivity contribution in [1.82, 2.24) is 9.13 Å². The van der Waals surface area contributed by atoms with Gasteiger partial charge >= 0.3 is 0 Å². The molecule has 3 aliphatic rings. The van der Waals surface area contributed by atoms with Crippen molar-refractivity contribution in [2.24, 2.45) is 0 Å². The Morgan fingerprint density at radius 3 is 1.02 bits per heavy atom. The molecule has 112 heavy (non-hydrogen) atoms. The Bertz CT molecular complexity index is 6880. The van der Waals surface area contributed by atoms with Crippen molar-refractivity contribution in [1.29, 1.82) is 0 Å². The zero-order valence-electron chi connectivity index (χ0n) is 62.1. The van der Waals surface area contributed by atoms with Gasteiger partial charge in [0.05, 0.1) is 33.4 Å². The standard InChI is InChI=1S/C106H71BN4O/c1-106(2,3)76-62-97-103-98(63-76)111-96-65-78(109-92-47-19-17-39-86(92)102-80(41-25-49-94(102)109)67-28-10-5-11-29-67)53-55-90(96)107(103)89-54-52-77(108-91-46-18-16-38-85(91)101-79(40-24-48-93(101)108)66-26-8-4-9-27-66)64-95(89)110(97)104-81(68-30-12-6-13-31-68)42-22-44-83(104)74-36-20-34-70(58-74)72-50-56-99-87(60-72)88-61-73(51-57-100(88)112-99)71-35-21-37-75(59-71)84-45-23-43-82(105(84)111)69-32-14-7-15-33-69/h4-65H,1-3H3. The van der Waals surface area contributed by atoms with Crippen LogP contribution < -0.4 is 26.2 Å². The topological polar surface area (TPSA) is 29.5 Å². The van der Waals surface area contributed by atoms with Gasteiger partial charge in [-0.3, -0.25) is 0 Å². The van der Waals surface area contributed by atoms with E-state index in [2.05, 4.69) is 416 Å². The average molecular weight is 1430 g/mol. The Hall–Kier alpha value is -14.2. The number of fused-ring (bicyclic) bond motifs is 26. The summed E-state index contributed by atoms with van der Waals surface area (Å²) in [5.41, 5.74) is 37.7. The molecule has 0 N–H and O–H groups in total. The Morgan fingerprint density at radius 2 is 0.589 bits per heavy atom. The Balaban J connectivity index is 0.895. The fourth-order valence-electron chi connectivity index (χ4n) is 19.1. The van der Waals surface area contributed by atoms with Gasteiger partial charge in [0, 0.05) is 88.7 Å². The number of benzene rings is 17. The predicted molar refractivity (Wildman–Crippen MR) is 472 cm³/mol. The van der Waals surface area contributed by atoms with Gasteiger partial charge in [-0.2, -0.15) is 0 Å². The van der Waals surface area contributed by atoms with Gasteiger partial charge in [0.25, 0.3) is 6.71 Å². The fourth-order valence-corrected chi connectivity index (χ4v) is 19.1. The third kappa shape index (κ3) is 9.71. The number of hydrogen-bond acceptors (Lipinski definition) is 3. The summed E-state index contributed by atoms with van der Waals surface area (Å²) >= 11 is 0. The molecular weight excluding hydrogens is 1360 g/mol. The molecule has 5 nitrogen and oxygen atoms in total. The highest BCUT2D eigenvalue weighted by molar-refractivity contribution is 7.00. The second-order valence-electron chi connectivity index (χ2n) is 31.4. The summed E-state index contributed by atoms with van der Waals surface area (Å²) in [5.74, 6) is 0. The largest absolute Gasteiger partial charge is 0.456 e. The maximum atomic E-state index is 6.77. The molecule has 0 aliphatic carbocycles. The average Bonchev–Trinajstić information content (AvgIpc) is 0.775. The molecule has 20 aromatic rings. The summed E-state index contributed by atoms with van der Waals surface area (Å²) in [7, 11) is 0. The second-order valence-corrected chi connectivity index (χ2v) is 31.4. The molecule has 6 heteroatoms. The molecule has 13 bridgehead atoms. The van der Waals surface area contributed by atoms with Crippen molar-refractivity contribution < 1.29 is 4.42 Å². The smallest absolute Gasteiger partial charge is 0.252 e. The normalized spacial score (nSPS) is 12.7. The van der Waals surface area contributed by atoms with Crippen LogP contribution in [0.4, 0.5) is 34.1 Å². The third-order valence-corrected chi connectivity index (χ3v) is 24.2. The molecule has 0 amide bonds. The van der Waals surface area contributed by atoms with E-state index in [4.69, 9.17) is 4.42 Å². The Kier molecular flexibility index (Phi) is 14.1. The van der Waals surface area contributed by atoms with Crippen molar-refractivity contribution in [3.8, 4) is 100 Å². The monoisotopic (exact) mass is 1430 g/mol. The van der Waals surface area contributed by atoms with Crippen molar-refractivity contribution in [3.63, 3.8) is 0 Å². The maximum absolute atomic E-state index is 6.77. The molecule has 0 spiro atoms. The third-order valence-electron chi connectivity index (χ3n) is 24.2. The minimum Gasteiger partial charge on any atom is -0.456 e. The molecule has 0 saturated heterocycles. The number of para-hydroxylation sites is 4. The van der Waals surface area contributed by atoms with Gasteiger partial charge in [0.15, 0.2) is 0 Å². The van der Waals surface area contributed by atoms with E-state index in [1.165, 1.54) is 65.8 Å². The maximum Gasteiger partial charge on any atom is 0.252 e.